The van der Waals surface area contributed by atoms with Gasteiger partial charge in [-0.05, 0) is 44.4 Å². The summed E-state index contributed by atoms with van der Waals surface area (Å²) in [4.78, 5) is 4.31. The van der Waals surface area contributed by atoms with E-state index in [9.17, 15) is 4.21 Å². The molecule has 1 aromatic rings. The first-order valence-corrected chi connectivity index (χ1v) is 11.0. The van der Waals surface area contributed by atoms with Crippen molar-refractivity contribution < 1.29 is 8.95 Å². The van der Waals surface area contributed by atoms with Crippen LogP contribution in [0.3, 0.4) is 0 Å². The molecule has 7 heteroatoms. The van der Waals surface area contributed by atoms with Crippen molar-refractivity contribution in [1.82, 2.24) is 10.6 Å². The average molecular weight is 400 g/mol. The smallest absolute Gasteiger partial charge is 0.191 e. The van der Waals surface area contributed by atoms with Crippen molar-refractivity contribution in [3.63, 3.8) is 0 Å². The zero-order chi connectivity index (χ0) is 18.9. The highest BCUT2D eigenvalue weighted by molar-refractivity contribution is 7.85. The van der Waals surface area contributed by atoms with Crippen LogP contribution in [-0.2, 0) is 10.8 Å². The molecule has 0 radical (unpaired) electrons. The largest absolute Gasteiger partial charge is 0.489 e. The van der Waals surface area contributed by atoms with Gasteiger partial charge in [0.15, 0.2) is 5.96 Å². The number of aliphatic imine (C=N–C) groups is 1. The Hall–Kier alpha value is -1.27. The summed E-state index contributed by atoms with van der Waals surface area (Å²) in [6.45, 7) is 4.63. The molecule has 0 aromatic heterocycles. The fourth-order valence-corrected chi connectivity index (χ4v) is 4.72. The lowest BCUT2D eigenvalue weighted by Crippen LogP contribution is -2.48. The lowest BCUT2D eigenvalue weighted by atomic mass is 9.95. The Bertz CT molecular complexity index is 627. The predicted octanol–water partition coefficient (Wildman–Crippen LogP) is 3.35. The summed E-state index contributed by atoms with van der Waals surface area (Å²) in [6, 6.07) is 7.72. The number of guanidine groups is 1. The standard InChI is InChI=1S/C19H30ClN3O2S/c1-4-26(24)18-10-6-8-16(12-18)23-19(21-3)22-13-14(2)25-17-9-5-7-15(20)11-17/h5,7,9,11,14,16,18H,4,6,8,10,12-13H2,1-3H3,(H2,21,22,23). The fourth-order valence-electron chi connectivity index (χ4n) is 3.19. The molecule has 26 heavy (non-hydrogen) atoms. The van der Waals surface area contributed by atoms with Crippen LogP contribution in [0.25, 0.3) is 0 Å². The van der Waals surface area contributed by atoms with Gasteiger partial charge in [0.25, 0.3) is 0 Å². The van der Waals surface area contributed by atoms with Crippen LogP contribution in [-0.4, -0.2) is 46.9 Å². The summed E-state index contributed by atoms with van der Waals surface area (Å²) >= 11 is 5.98. The van der Waals surface area contributed by atoms with Crippen LogP contribution in [0, 0.1) is 0 Å². The Labute approximate surface area is 164 Å². The van der Waals surface area contributed by atoms with Crippen molar-refractivity contribution >= 4 is 28.4 Å². The second-order valence-electron chi connectivity index (χ2n) is 6.64. The SMILES string of the molecule is CCS(=O)C1CCCC(NC(=NC)NCC(C)Oc2cccc(Cl)c2)C1. The monoisotopic (exact) mass is 399 g/mol. The zero-order valence-electron chi connectivity index (χ0n) is 15.8. The van der Waals surface area contributed by atoms with E-state index in [2.05, 4.69) is 15.6 Å². The first-order chi connectivity index (χ1) is 12.5. The van der Waals surface area contributed by atoms with Gasteiger partial charge in [0.05, 0.1) is 6.54 Å². The second-order valence-corrected chi connectivity index (χ2v) is 9.08. The zero-order valence-corrected chi connectivity index (χ0v) is 17.4. The number of hydrogen-bond acceptors (Lipinski definition) is 3. The maximum absolute atomic E-state index is 12.1. The van der Waals surface area contributed by atoms with Crippen LogP contribution in [0.1, 0.15) is 39.5 Å². The van der Waals surface area contributed by atoms with E-state index < -0.39 is 10.8 Å². The molecule has 0 amide bonds. The lowest BCUT2D eigenvalue weighted by molar-refractivity contribution is 0.223. The van der Waals surface area contributed by atoms with Crippen LogP contribution >= 0.6 is 11.6 Å². The van der Waals surface area contributed by atoms with Crippen LogP contribution in [0.5, 0.6) is 5.75 Å². The number of ether oxygens (including phenoxy) is 1. The van der Waals surface area contributed by atoms with Gasteiger partial charge in [0.2, 0.25) is 0 Å². The molecule has 4 atom stereocenters. The maximum atomic E-state index is 12.1. The molecule has 0 aliphatic heterocycles. The van der Waals surface area contributed by atoms with Gasteiger partial charge in [-0.1, -0.05) is 31.0 Å². The minimum absolute atomic E-state index is 0.0290. The molecule has 0 saturated heterocycles. The molecule has 1 saturated carbocycles. The van der Waals surface area contributed by atoms with Crippen molar-refractivity contribution in [2.24, 2.45) is 4.99 Å². The third kappa shape index (κ3) is 6.80. The highest BCUT2D eigenvalue weighted by Crippen LogP contribution is 2.23. The normalized spacial score (nSPS) is 23.2. The molecular formula is C19H30ClN3O2S. The Balaban J connectivity index is 1.79. The van der Waals surface area contributed by atoms with Crippen LogP contribution < -0.4 is 15.4 Å². The number of rotatable bonds is 7. The summed E-state index contributed by atoms with van der Waals surface area (Å²) in [5.41, 5.74) is 0. The molecule has 0 bridgehead atoms. The maximum Gasteiger partial charge on any atom is 0.191 e. The molecule has 1 aliphatic carbocycles. The number of nitrogens with one attached hydrogen (secondary N) is 2. The van der Waals surface area contributed by atoms with Gasteiger partial charge in [-0.2, -0.15) is 0 Å². The summed E-state index contributed by atoms with van der Waals surface area (Å²) in [5, 5.41) is 7.75. The molecule has 2 N–H and O–H groups in total. The van der Waals surface area contributed by atoms with Crippen molar-refractivity contribution in [3.05, 3.63) is 29.3 Å². The Morgan fingerprint density at radius 3 is 2.96 bits per heavy atom. The van der Waals surface area contributed by atoms with E-state index in [1.807, 2.05) is 32.0 Å². The molecular weight excluding hydrogens is 370 g/mol. The fraction of sp³-hybridized carbons (Fsp3) is 0.632. The van der Waals surface area contributed by atoms with Gasteiger partial charge in [-0.25, -0.2) is 0 Å². The molecule has 0 spiro atoms. The van der Waals surface area contributed by atoms with Gasteiger partial charge in [-0.3, -0.25) is 9.20 Å². The highest BCUT2D eigenvalue weighted by atomic mass is 35.5. The second kappa shape index (κ2) is 10.8. The van der Waals surface area contributed by atoms with E-state index in [0.29, 0.717) is 22.9 Å². The molecule has 5 nitrogen and oxygen atoms in total. The summed E-state index contributed by atoms with van der Waals surface area (Å²) < 4.78 is 18.0. The van der Waals surface area contributed by atoms with E-state index in [-0.39, 0.29) is 6.10 Å². The van der Waals surface area contributed by atoms with Gasteiger partial charge in [0, 0.05) is 39.9 Å². The quantitative estimate of drug-likeness (QED) is 0.545. The third-order valence-corrected chi connectivity index (χ3v) is 6.51. The molecule has 1 aliphatic rings. The van der Waals surface area contributed by atoms with E-state index in [0.717, 1.165) is 43.1 Å². The van der Waals surface area contributed by atoms with Crippen molar-refractivity contribution in [1.29, 1.82) is 0 Å². The molecule has 1 aromatic carbocycles. The van der Waals surface area contributed by atoms with Crippen LogP contribution in [0.4, 0.5) is 0 Å². The Kier molecular flexibility index (Phi) is 8.72. The number of hydrogen-bond donors (Lipinski definition) is 2. The van der Waals surface area contributed by atoms with E-state index in [1.54, 1.807) is 13.1 Å². The molecule has 2 rings (SSSR count). The number of halogens is 1. The molecule has 1 fully saturated rings. The van der Waals surface area contributed by atoms with Crippen molar-refractivity contribution in [2.75, 3.05) is 19.3 Å². The van der Waals surface area contributed by atoms with E-state index >= 15 is 0 Å². The highest BCUT2D eigenvalue weighted by Gasteiger charge is 2.26. The summed E-state index contributed by atoms with van der Waals surface area (Å²) in [6.07, 6.45) is 4.18. The van der Waals surface area contributed by atoms with Crippen LogP contribution in [0.2, 0.25) is 5.02 Å². The summed E-state index contributed by atoms with van der Waals surface area (Å²) in [7, 11) is 1.05. The molecule has 4 unspecified atom stereocenters. The van der Waals surface area contributed by atoms with Gasteiger partial charge in [0.1, 0.15) is 11.9 Å². The number of nitrogens with zero attached hydrogens (tertiary/aromatic N) is 1. The van der Waals surface area contributed by atoms with Crippen LogP contribution in [0.15, 0.2) is 29.3 Å². The van der Waals surface area contributed by atoms with Gasteiger partial charge >= 0.3 is 0 Å². The van der Waals surface area contributed by atoms with E-state index in [1.165, 1.54) is 0 Å². The minimum Gasteiger partial charge on any atom is -0.489 e. The van der Waals surface area contributed by atoms with E-state index in [4.69, 9.17) is 16.3 Å². The van der Waals surface area contributed by atoms with Crippen molar-refractivity contribution in [3.8, 4) is 5.75 Å². The molecule has 146 valence electrons. The minimum atomic E-state index is -0.718. The van der Waals surface area contributed by atoms with Gasteiger partial charge in [-0.15, -0.1) is 0 Å². The average Bonchev–Trinajstić information content (AvgIpc) is 2.64. The summed E-state index contributed by atoms with van der Waals surface area (Å²) in [5.74, 6) is 2.26. The molecule has 0 heterocycles. The topological polar surface area (TPSA) is 62.7 Å². The first kappa shape index (κ1) is 21.0. The Morgan fingerprint density at radius 2 is 2.27 bits per heavy atom. The number of benzene rings is 1. The first-order valence-electron chi connectivity index (χ1n) is 9.28. The Morgan fingerprint density at radius 1 is 1.46 bits per heavy atom. The van der Waals surface area contributed by atoms with Gasteiger partial charge < -0.3 is 15.4 Å². The third-order valence-electron chi connectivity index (χ3n) is 4.54. The predicted molar refractivity (Wildman–Crippen MR) is 111 cm³/mol. The van der Waals surface area contributed by atoms with Crippen molar-refractivity contribution in [2.45, 2.75) is 56.9 Å². The lowest BCUT2D eigenvalue weighted by Gasteiger charge is -2.30.